The molecule has 1 aliphatic heterocycles. The van der Waals surface area contributed by atoms with Crippen LogP contribution in [0.4, 0.5) is 4.39 Å². The molecule has 2 aromatic rings. The van der Waals surface area contributed by atoms with E-state index in [1.807, 2.05) is 11.1 Å². The fourth-order valence-corrected chi connectivity index (χ4v) is 3.44. The van der Waals surface area contributed by atoms with Crippen LogP contribution in [0.1, 0.15) is 31.2 Å². The molecular weight excluding hydrogens is 255 g/mol. The highest BCUT2D eigenvalue weighted by molar-refractivity contribution is 5.97. The summed E-state index contributed by atoms with van der Waals surface area (Å²) in [7, 11) is 0. The van der Waals surface area contributed by atoms with Crippen LogP contribution in [0.5, 0.6) is 0 Å². The lowest BCUT2D eigenvalue weighted by molar-refractivity contribution is -0.132. The van der Waals surface area contributed by atoms with Gasteiger partial charge >= 0.3 is 0 Å². The molecule has 104 valence electrons. The number of aromatic nitrogens is 1. The normalized spacial score (nSPS) is 20.6. The van der Waals surface area contributed by atoms with Crippen LogP contribution in [0.2, 0.25) is 0 Å². The molecule has 1 aromatic carbocycles. The van der Waals surface area contributed by atoms with Gasteiger partial charge in [-0.2, -0.15) is 0 Å². The molecule has 1 N–H and O–H groups in total. The number of hydrogen-bond acceptors (Lipinski definition) is 1. The van der Waals surface area contributed by atoms with Crippen molar-refractivity contribution in [1.82, 2.24) is 9.88 Å². The lowest BCUT2D eigenvalue weighted by Crippen LogP contribution is -2.37. The first-order valence-corrected chi connectivity index (χ1v) is 7.27. The third-order valence-electron chi connectivity index (χ3n) is 4.71. The largest absolute Gasteiger partial charge is 0.361 e. The number of nitrogens with one attached hydrogen (secondary N) is 1. The van der Waals surface area contributed by atoms with Gasteiger partial charge in [-0.15, -0.1) is 0 Å². The number of likely N-dealkylation sites (tertiary alicyclic amines) is 1. The van der Waals surface area contributed by atoms with Gasteiger partial charge in [0.2, 0.25) is 5.91 Å². The van der Waals surface area contributed by atoms with Gasteiger partial charge in [0.25, 0.3) is 0 Å². The van der Waals surface area contributed by atoms with E-state index in [9.17, 15) is 9.18 Å². The van der Waals surface area contributed by atoms with Gasteiger partial charge in [-0.05, 0) is 49.4 Å². The van der Waals surface area contributed by atoms with Gasteiger partial charge in [0, 0.05) is 30.2 Å². The molecule has 1 saturated heterocycles. The van der Waals surface area contributed by atoms with Crippen LogP contribution in [0.3, 0.4) is 0 Å². The molecule has 2 fully saturated rings. The number of halogens is 1. The van der Waals surface area contributed by atoms with E-state index in [1.54, 1.807) is 12.1 Å². The van der Waals surface area contributed by atoms with E-state index >= 15 is 0 Å². The van der Waals surface area contributed by atoms with E-state index in [1.165, 1.54) is 6.07 Å². The first-order valence-electron chi connectivity index (χ1n) is 7.27. The smallest absolute Gasteiger partial charge is 0.233 e. The van der Waals surface area contributed by atoms with Crippen molar-refractivity contribution in [3.63, 3.8) is 0 Å². The maximum atomic E-state index is 13.5. The van der Waals surface area contributed by atoms with Gasteiger partial charge in [0.05, 0.1) is 5.41 Å². The molecule has 0 unspecified atom stereocenters. The maximum absolute atomic E-state index is 13.5. The second kappa shape index (κ2) is 4.08. The second-order valence-corrected chi connectivity index (χ2v) is 5.97. The van der Waals surface area contributed by atoms with Crippen molar-refractivity contribution in [3.05, 3.63) is 35.8 Å². The zero-order chi connectivity index (χ0) is 13.7. The summed E-state index contributed by atoms with van der Waals surface area (Å²) < 4.78 is 13.5. The SMILES string of the molecule is O=C(N1CCCC1)C1(c2c[nH]c3ccc(F)cc23)CC1. The van der Waals surface area contributed by atoms with Crippen molar-refractivity contribution in [2.75, 3.05) is 13.1 Å². The molecule has 0 atom stereocenters. The molecule has 4 rings (SSSR count). The molecule has 1 aliphatic carbocycles. The number of carbonyl (C=O) groups is 1. The predicted octanol–water partition coefficient (Wildman–Crippen LogP) is 2.96. The number of rotatable bonds is 2. The molecule has 0 radical (unpaired) electrons. The Bertz CT molecular complexity index is 681. The Kier molecular flexibility index (Phi) is 2.43. The van der Waals surface area contributed by atoms with Crippen molar-refractivity contribution >= 4 is 16.8 Å². The number of benzene rings is 1. The molecule has 1 aromatic heterocycles. The number of aromatic amines is 1. The summed E-state index contributed by atoms with van der Waals surface area (Å²) in [6, 6.07) is 4.73. The predicted molar refractivity (Wildman–Crippen MR) is 75.0 cm³/mol. The van der Waals surface area contributed by atoms with E-state index in [0.29, 0.717) is 0 Å². The van der Waals surface area contributed by atoms with E-state index in [-0.39, 0.29) is 11.7 Å². The topological polar surface area (TPSA) is 36.1 Å². The van der Waals surface area contributed by atoms with Gasteiger partial charge < -0.3 is 9.88 Å². The molecule has 4 heteroatoms. The number of fused-ring (bicyclic) bond motifs is 1. The second-order valence-electron chi connectivity index (χ2n) is 5.97. The summed E-state index contributed by atoms with van der Waals surface area (Å²) >= 11 is 0. The third kappa shape index (κ3) is 1.60. The first-order chi connectivity index (χ1) is 9.71. The van der Waals surface area contributed by atoms with Gasteiger partial charge in [0.1, 0.15) is 5.82 Å². The highest BCUT2D eigenvalue weighted by Crippen LogP contribution is 2.52. The van der Waals surface area contributed by atoms with Crippen LogP contribution in [0.15, 0.2) is 24.4 Å². The standard InChI is InChI=1S/C16H17FN2O/c17-11-3-4-14-12(9-11)13(10-18-14)16(5-6-16)15(20)19-7-1-2-8-19/h3-4,9-10,18H,1-2,5-8H2. The number of hydrogen-bond donors (Lipinski definition) is 1. The molecule has 20 heavy (non-hydrogen) atoms. The summed E-state index contributed by atoms with van der Waals surface area (Å²) in [5.74, 6) is -0.0112. The number of amides is 1. The monoisotopic (exact) mass is 272 g/mol. The molecule has 1 amide bonds. The third-order valence-corrected chi connectivity index (χ3v) is 4.71. The van der Waals surface area contributed by atoms with Gasteiger partial charge in [-0.3, -0.25) is 4.79 Å². The van der Waals surface area contributed by atoms with Crippen molar-refractivity contribution in [2.45, 2.75) is 31.1 Å². The average molecular weight is 272 g/mol. The zero-order valence-corrected chi connectivity index (χ0v) is 11.3. The molecule has 2 heterocycles. The Labute approximate surface area is 116 Å². The molecular formula is C16H17FN2O. The highest BCUT2D eigenvalue weighted by Gasteiger charge is 2.54. The van der Waals surface area contributed by atoms with E-state index in [2.05, 4.69) is 4.98 Å². The molecule has 2 aliphatic rings. The van der Waals surface area contributed by atoms with Gasteiger partial charge in [-0.1, -0.05) is 0 Å². The minimum absolute atomic E-state index is 0.236. The van der Waals surface area contributed by atoms with Gasteiger partial charge in [0.15, 0.2) is 0 Å². The summed E-state index contributed by atoms with van der Waals surface area (Å²) in [4.78, 5) is 17.9. The Morgan fingerprint density at radius 3 is 2.70 bits per heavy atom. The Balaban J connectivity index is 1.78. The fourth-order valence-electron chi connectivity index (χ4n) is 3.44. The average Bonchev–Trinajstić information content (AvgIpc) is 2.90. The molecule has 3 nitrogen and oxygen atoms in total. The van der Waals surface area contributed by atoms with Crippen molar-refractivity contribution in [1.29, 1.82) is 0 Å². The van der Waals surface area contributed by atoms with Crippen LogP contribution in [-0.2, 0) is 10.2 Å². The fraction of sp³-hybridized carbons (Fsp3) is 0.438. The minimum atomic E-state index is -0.392. The summed E-state index contributed by atoms with van der Waals surface area (Å²) in [6.45, 7) is 1.74. The number of H-pyrrole nitrogens is 1. The van der Waals surface area contributed by atoms with Crippen molar-refractivity contribution in [2.24, 2.45) is 0 Å². The van der Waals surface area contributed by atoms with Crippen LogP contribution in [0, 0.1) is 5.82 Å². The van der Waals surface area contributed by atoms with E-state index in [0.717, 1.165) is 55.2 Å². The van der Waals surface area contributed by atoms with Crippen LogP contribution < -0.4 is 0 Å². The van der Waals surface area contributed by atoms with Crippen LogP contribution in [0.25, 0.3) is 10.9 Å². The summed E-state index contributed by atoms with van der Waals surface area (Å²) in [5.41, 5.74) is 1.49. The van der Waals surface area contributed by atoms with Crippen LogP contribution >= 0.6 is 0 Å². The van der Waals surface area contributed by atoms with E-state index in [4.69, 9.17) is 0 Å². The Morgan fingerprint density at radius 1 is 1.25 bits per heavy atom. The zero-order valence-electron chi connectivity index (χ0n) is 11.3. The molecule has 0 spiro atoms. The Hall–Kier alpha value is -1.84. The number of nitrogens with zero attached hydrogens (tertiary/aromatic N) is 1. The lowest BCUT2D eigenvalue weighted by atomic mass is 9.94. The minimum Gasteiger partial charge on any atom is -0.361 e. The van der Waals surface area contributed by atoms with Crippen molar-refractivity contribution in [3.8, 4) is 0 Å². The lowest BCUT2D eigenvalue weighted by Gasteiger charge is -2.22. The molecule has 1 saturated carbocycles. The first kappa shape index (κ1) is 11.9. The maximum Gasteiger partial charge on any atom is 0.233 e. The van der Waals surface area contributed by atoms with E-state index < -0.39 is 5.41 Å². The van der Waals surface area contributed by atoms with Crippen molar-refractivity contribution < 1.29 is 9.18 Å². The quantitative estimate of drug-likeness (QED) is 0.896. The molecule has 0 bridgehead atoms. The highest BCUT2D eigenvalue weighted by atomic mass is 19.1. The van der Waals surface area contributed by atoms with Gasteiger partial charge in [-0.25, -0.2) is 4.39 Å². The number of carbonyl (C=O) groups excluding carboxylic acids is 1. The Morgan fingerprint density at radius 2 is 2.00 bits per heavy atom. The van der Waals surface area contributed by atoms with Crippen LogP contribution in [-0.4, -0.2) is 28.9 Å². The summed E-state index contributed by atoms with van der Waals surface area (Å²) in [5, 5.41) is 0.857. The summed E-state index contributed by atoms with van der Waals surface area (Å²) in [6.07, 6.45) is 5.86.